The van der Waals surface area contributed by atoms with E-state index in [9.17, 15) is 4.79 Å². The summed E-state index contributed by atoms with van der Waals surface area (Å²) in [6.07, 6.45) is 7.06. The van der Waals surface area contributed by atoms with Crippen LogP contribution in [0.4, 0.5) is 0 Å². The quantitative estimate of drug-likeness (QED) is 0.793. The van der Waals surface area contributed by atoms with Gasteiger partial charge in [-0.05, 0) is 12.8 Å². The largest absolute Gasteiger partial charge is 0.376 e. The van der Waals surface area contributed by atoms with Crippen LogP contribution in [-0.2, 0) is 9.53 Å². The molecular formula is C16H20N6O3. The molecule has 2 saturated heterocycles. The summed E-state index contributed by atoms with van der Waals surface area (Å²) in [7, 11) is 0. The second-order valence-electron chi connectivity index (χ2n) is 6.38. The number of nitrogens with zero attached hydrogens (tertiary/aromatic N) is 5. The van der Waals surface area contributed by atoms with Gasteiger partial charge in [-0.2, -0.15) is 4.98 Å². The monoisotopic (exact) mass is 344 g/mol. The molecule has 9 nitrogen and oxygen atoms in total. The van der Waals surface area contributed by atoms with Crippen LogP contribution in [0.5, 0.6) is 0 Å². The Balaban J connectivity index is 1.22. The first-order valence-corrected chi connectivity index (χ1v) is 8.48. The second kappa shape index (κ2) is 7.24. The van der Waals surface area contributed by atoms with E-state index in [0.717, 1.165) is 32.5 Å². The maximum absolute atomic E-state index is 12.0. The molecule has 2 aromatic heterocycles. The fourth-order valence-electron chi connectivity index (χ4n) is 3.07. The summed E-state index contributed by atoms with van der Waals surface area (Å²) in [5.41, 5.74) is 0.585. The van der Waals surface area contributed by atoms with Crippen LogP contribution in [0.25, 0.3) is 11.5 Å². The highest BCUT2D eigenvalue weighted by Gasteiger charge is 2.33. The summed E-state index contributed by atoms with van der Waals surface area (Å²) in [6.45, 7) is 3.25. The van der Waals surface area contributed by atoms with Crippen molar-refractivity contribution in [3.05, 3.63) is 24.5 Å². The van der Waals surface area contributed by atoms with E-state index >= 15 is 0 Å². The lowest BCUT2D eigenvalue weighted by Crippen LogP contribution is -2.50. The smallest absolute Gasteiger partial charge is 0.234 e. The predicted molar refractivity (Wildman–Crippen MR) is 86.5 cm³/mol. The van der Waals surface area contributed by atoms with Gasteiger partial charge >= 0.3 is 0 Å². The maximum Gasteiger partial charge on any atom is 0.234 e. The molecule has 0 unspecified atom stereocenters. The third-order valence-corrected chi connectivity index (χ3v) is 4.46. The van der Waals surface area contributed by atoms with Crippen molar-refractivity contribution in [1.82, 2.24) is 30.3 Å². The molecule has 2 fully saturated rings. The molecule has 4 rings (SSSR count). The molecule has 132 valence electrons. The summed E-state index contributed by atoms with van der Waals surface area (Å²) in [5, 5.41) is 6.88. The van der Waals surface area contributed by atoms with Crippen molar-refractivity contribution in [2.45, 2.75) is 24.9 Å². The molecule has 0 radical (unpaired) electrons. The Hall–Kier alpha value is -2.39. The van der Waals surface area contributed by atoms with Crippen LogP contribution < -0.4 is 5.32 Å². The van der Waals surface area contributed by atoms with Crippen LogP contribution in [0.2, 0.25) is 0 Å². The van der Waals surface area contributed by atoms with E-state index in [1.54, 1.807) is 18.6 Å². The van der Waals surface area contributed by atoms with Crippen LogP contribution >= 0.6 is 0 Å². The van der Waals surface area contributed by atoms with Crippen molar-refractivity contribution in [3.8, 4) is 11.5 Å². The fraction of sp³-hybridized carbons (Fsp3) is 0.562. The molecule has 0 aromatic carbocycles. The normalized spacial score (nSPS) is 21.2. The first kappa shape index (κ1) is 16.1. The van der Waals surface area contributed by atoms with Crippen molar-refractivity contribution < 1.29 is 14.1 Å². The Kier molecular flexibility index (Phi) is 4.66. The molecule has 2 aromatic rings. The van der Waals surface area contributed by atoms with Gasteiger partial charge in [-0.25, -0.2) is 4.98 Å². The summed E-state index contributed by atoms with van der Waals surface area (Å²) in [6, 6.07) is 0. The SMILES string of the molecule is O=C(CN1CC(c2nc(-c3cnccn3)no2)C1)NC[C@H]1CCCO1. The van der Waals surface area contributed by atoms with Gasteiger partial charge in [0.05, 0.1) is 24.8 Å². The van der Waals surface area contributed by atoms with Gasteiger partial charge in [-0.15, -0.1) is 0 Å². The minimum atomic E-state index is 0.0275. The van der Waals surface area contributed by atoms with E-state index in [4.69, 9.17) is 9.26 Å². The lowest BCUT2D eigenvalue weighted by molar-refractivity contribution is -0.123. The number of amides is 1. The molecule has 25 heavy (non-hydrogen) atoms. The highest BCUT2D eigenvalue weighted by Crippen LogP contribution is 2.26. The lowest BCUT2D eigenvalue weighted by atomic mass is 10.0. The van der Waals surface area contributed by atoms with Crippen LogP contribution in [-0.4, -0.2) is 69.8 Å². The molecule has 1 N–H and O–H groups in total. The third kappa shape index (κ3) is 3.83. The van der Waals surface area contributed by atoms with Crippen LogP contribution in [0, 0.1) is 0 Å². The molecule has 9 heteroatoms. The van der Waals surface area contributed by atoms with Crippen molar-refractivity contribution in [3.63, 3.8) is 0 Å². The van der Waals surface area contributed by atoms with E-state index in [0.29, 0.717) is 30.5 Å². The number of ether oxygens (including phenoxy) is 1. The van der Waals surface area contributed by atoms with Crippen LogP contribution in [0.15, 0.2) is 23.1 Å². The zero-order valence-electron chi connectivity index (χ0n) is 13.8. The van der Waals surface area contributed by atoms with E-state index in [1.807, 2.05) is 0 Å². The Morgan fingerprint density at radius 2 is 2.28 bits per heavy atom. The van der Waals surface area contributed by atoms with Gasteiger partial charge in [-0.1, -0.05) is 5.16 Å². The molecule has 4 heterocycles. The van der Waals surface area contributed by atoms with Crippen molar-refractivity contribution in [2.24, 2.45) is 0 Å². The van der Waals surface area contributed by atoms with E-state index in [1.165, 1.54) is 0 Å². The van der Waals surface area contributed by atoms with Crippen LogP contribution in [0.1, 0.15) is 24.7 Å². The van der Waals surface area contributed by atoms with Gasteiger partial charge < -0.3 is 14.6 Å². The van der Waals surface area contributed by atoms with E-state index < -0.39 is 0 Å². The topological polar surface area (TPSA) is 106 Å². The van der Waals surface area contributed by atoms with E-state index in [2.05, 4.69) is 30.3 Å². The molecule has 2 aliphatic rings. The minimum absolute atomic E-state index is 0.0275. The first-order valence-electron chi connectivity index (χ1n) is 8.48. The molecule has 0 saturated carbocycles. The summed E-state index contributed by atoms with van der Waals surface area (Å²) in [5.74, 6) is 1.20. The van der Waals surface area contributed by atoms with Crippen molar-refractivity contribution in [2.75, 3.05) is 32.8 Å². The maximum atomic E-state index is 12.0. The van der Waals surface area contributed by atoms with Gasteiger partial charge in [0.25, 0.3) is 0 Å². The lowest BCUT2D eigenvalue weighted by Gasteiger charge is -2.36. The minimum Gasteiger partial charge on any atom is -0.376 e. The zero-order valence-corrected chi connectivity index (χ0v) is 13.8. The van der Waals surface area contributed by atoms with Gasteiger partial charge in [0, 0.05) is 38.6 Å². The molecule has 0 aliphatic carbocycles. The predicted octanol–water partition coefficient (Wildman–Crippen LogP) is 0.221. The summed E-state index contributed by atoms with van der Waals surface area (Å²) < 4.78 is 10.8. The molecule has 1 atom stereocenters. The molecule has 0 spiro atoms. The summed E-state index contributed by atoms with van der Waals surface area (Å²) in [4.78, 5) is 26.5. The molecule has 0 bridgehead atoms. The first-order chi connectivity index (χ1) is 12.3. The second-order valence-corrected chi connectivity index (χ2v) is 6.38. The third-order valence-electron chi connectivity index (χ3n) is 4.46. The Labute approximate surface area is 144 Å². The number of hydrogen-bond donors (Lipinski definition) is 1. The van der Waals surface area contributed by atoms with Gasteiger partial charge in [0.15, 0.2) is 0 Å². The molecule has 1 amide bonds. The Morgan fingerprint density at radius 3 is 3.04 bits per heavy atom. The van der Waals surface area contributed by atoms with Gasteiger partial charge in [-0.3, -0.25) is 14.7 Å². The number of carbonyl (C=O) groups excluding carboxylic acids is 1. The summed E-state index contributed by atoms with van der Waals surface area (Å²) >= 11 is 0. The highest BCUT2D eigenvalue weighted by molar-refractivity contribution is 5.78. The Morgan fingerprint density at radius 1 is 1.36 bits per heavy atom. The number of carbonyl (C=O) groups is 1. The average molecular weight is 344 g/mol. The van der Waals surface area contributed by atoms with E-state index in [-0.39, 0.29) is 17.9 Å². The Bertz CT molecular complexity index is 710. The fourth-order valence-corrected chi connectivity index (χ4v) is 3.07. The molecule has 2 aliphatic heterocycles. The van der Waals surface area contributed by atoms with Crippen molar-refractivity contribution in [1.29, 1.82) is 0 Å². The number of likely N-dealkylation sites (tertiary alicyclic amines) is 1. The number of nitrogens with one attached hydrogen (secondary N) is 1. The average Bonchev–Trinajstić information content (AvgIpc) is 3.28. The van der Waals surface area contributed by atoms with Crippen LogP contribution in [0.3, 0.4) is 0 Å². The standard InChI is InChI=1S/C16H20N6O3/c23-14(19-6-12-2-1-5-24-12)10-22-8-11(9-22)16-20-15(21-25-16)13-7-17-3-4-18-13/h3-4,7,11-12H,1-2,5-6,8-10H2,(H,19,23)/t12-/m1/s1. The number of aromatic nitrogens is 4. The van der Waals surface area contributed by atoms with Gasteiger partial charge in [0.2, 0.25) is 17.6 Å². The molecular weight excluding hydrogens is 324 g/mol. The number of rotatable bonds is 6. The highest BCUT2D eigenvalue weighted by atomic mass is 16.5. The van der Waals surface area contributed by atoms with Crippen molar-refractivity contribution >= 4 is 5.91 Å². The number of hydrogen-bond acceptors (Lipinski definition) is 8. The van der Waals surface area contributed by atoms with Gasteiger partial charge in [0.1, 0.15) is 5.69 Å². The zero-order chi connectivity index (χ0) is 17.1.